The molecule has 1 amide bonds. The molecule has 0 saturated carbocycles. The Labute approximate surface area is 157 Å². The van der Waals surface area contributed by atoms with Gasteiger partial charge in [-0.3, -0.25) is 9.59 Å². The maximum atomic E-state index is 13.9. The van der Waals surface area contributed by atoms with Gasteiger partial charge in [-0.25, -0.2) is 12.8 Å². The largest absolute Gasteiger partial charge is 0.451 e. The smallest absolute Gasteiger partial charge is 0.325 e. The van der Waals surface area contributed by atoms with Crippen molar-refractivity contribution in [2.75, 3.05) is 26.8 Å². The Morgan fingerprint density at radius 3 is 2.74 bits per heavy atom. The summed E-state index contributed by atoms with van der Waals surface area (Å²) in [6, 6.07) is 3.89. The quantitative estimate of drug-likeness (QED) is 0.507. The molecule has 0 spiro atoms. The molecule has 1 aromatic carbocycles. The van der Waals surface area contributed by atoms with Crippen molar-refractivity contribution in [3.63, 3.8) is 0 Å². The van der Waals surface area contributed by atoms with E-state index >= 15 is 0 Å². The van der Waals surface area contributed by atoms with E-state index in [4.69, 9.17) is 9.47 Å². The molecule has 2 atom stereocenters. The minimum Gasteiger partial charge on any atom is -0.451 e. The number of rotatable bonds is 8. The van der Waals surface area contributed by atoms with E-state index in [1.807, 2.05) is 0 Å². The van der Waals surface area contributed by atoms with E-state index in [0.29, 0.717) is 13.0 Å². The first-order chi connectivity index (χ1) is 12.8. The number of amides is 1. The predicted molar refractivity (Wildman–Crippen MR) is 93.8 cm³/mol. The first kappa shape index (κ1) is 21.3. The van der Waals surface area contributed by atoms with E-state index in [9.17, 15) is 22.4 Å². The number of hydrogen-bond acceptors (Lipinski definition) is 6. The maximum Gasteiger partial charge on any atom is 0.325 e. The van der Waals surface area contributed by atoms with Gasteiger partial charge in [0.2, 0.25) is 10.0 Å². The van der Waals surface area contributed by atoms with Crippen molar-refractivity contribution in [3.05, 3.63) is 30.1 Å². The number of benzene rings is 1. The van der Waals surface area contributed by atoms with E-state index in [2.05, 4.69) is 5.32 Å². The number of carbonyl (C=O) groups is 2. The molecular weight excluding hydrogens is 379 g/mol. The van der Waals surface area contributed by atoms with Gasteiger partial charge in [0, 0.05) is 20.2 Å². The highest BCUT2D eigenvalue weighted by Crippen LogP contribution is 2.28. The van der Waals surface area contributed by atoms with Crippen LogP contribution in [0.4, 0.5) is 4.39 Å². The van der Waals surface area contributed by atoms with Crippen LogP contribution < -0.4 is 5.32 Å². The van der Waals surface area contributed by atoms with E-state index in [1.54, 1.807) is 0 Å². The number of carbonyl (C=O) groups excluding carboxylic acids is 2. The number of hydrogen-bond donors (Lipinski definition) is 1. The summed E-state index contributed by atoms with van der Waals surface area (Å²) in [6.07, 6.45) is -0.417. The van der Waals surface area contributed by atoms with Gasteiger partial charge in [-0.1, -0.05) is 12.1 Å². The zero-order chi connectivity index (χ0) is 20.0. The number of ether oxygens (including phenoxy) is 2. The third-order valence-electron chi connectivity index (χ3n) is 4.17. The molecule has 10 heteroatoms. The predicted octanol–water partition coefficient (Wildman–Crippen LogP) is 0.673. The van der Waals surface area contributed by atoms with Crippen LogP contribution in [0.25, 0.3) is 0 Å². The normalized spacial score (nSPS) is 18.9. The van der Waals surface area contributed by atoms with Gasteiger partial charge in [-0.05, 0) is 31.9 Å². The molecule has 2 rings (SSSR count). The van der Waals surface area contributed by atoms with Gasteiger partial charge in [0.1, 0.15) is 16.8 Å². The standard InChI is InChI=1S/C17H23FN2O6S/c1-12(16(21)19-9-11-25-2)26-17(22)14-7-5-10-20(14)27(23,24)15-8-4-3-6-13(15)18/h3-4,6,8,12,14H,5,7,9-11H2,1-2H3,(H,19,21)/t12-,14-/m0/s1. The molecule has 1 fully saturated rings. The lowest BCUT2D eigenvalue weighted by Crippen LogP contribution is -2.44. The zero-order valence-electron chi connectivity index (χ0n) is 15.2. The van der Waals surface area contributed by atoms with Crippen LogP contribution >= 0.6 is 0 Å². The van der Waals surface area contributed by atoms with Gasteiger partial charge in [-0.2, -0.15) is 4.31 Å². The van der Waals surface area contributed by atoms with Crippen LogP contribution in [0.5, 0.6) is 0 Å². The van der Waals surface area contributed by atoms with Crippen molar-refractivity contribution in [2.45, 2.75) is 36.8 Å². The number of methoxy groups -OCH3 is 1. The van der Waals surface area contributed by atoms with Crippen LogP contribution in [0.2, 0.25) is 0 Å². The lowest BCUT2D eigenvalue weighted by molar-refractivity contribution is -0.157. The summed E-state index contributed by atoms with van der Waals surface area (Å²) in [6.45, 7) is 2.04. The average Bonchev–Trinajstić information content (AvgIpc) is 3.12. The molecule has 1 aromatic rings. The van der Waals surface area contributed by atoms with Crippen molar-refractivity contribution in [3.8, 4) is 0 Å². The van der Waals surface area contributed by atoms with Gasteiger partial charge in [0.15, 0.2) is 6.10 Å². The fourth-order valence-electron chi connectivity index (χ4n) is 2.77. The molecule has 150 valence electrons. The van der Waals surface area contributed by atoms with E-state index in [0.717, 1.165) is 16.4 Å². The van der Waals surface area contributed by atoms with E-state index in [1.165, 1.54) is 26.2 Å². The average molecular weight is 402 g/mol. The molecule has 0 aliphatic carbocycles. The molecule has 1 aliphatic heterocycles. The molecule has 1 heterocycles. The van der Waals surface area contributed by atoms with Crippen LogP contribution in [0.15, 0.2) is 29.2 Å². The Morgan fingerprint density at radius 2 is 2.07 bits per heavy atom. The minimum absolute atomic E-state index is 0.0743. The third-order valence-corrected chi connectivity index (χ3v) is 6.11. The molecule has 0 unspecified atom stereocenters. The van der Waals surface area contributed by atoms with Gasteiger partial charge in [0.25, 0.3) is 5.91 Å². The second-order valence-electron chi connectivity index (χ2n) is 6.07. The number of nitrogens with zero attached hydrogens (tertiary/aromatic N) is 1. The molecule has 1 saturated heterocycles. The van der Waals surface area contributed by atoms with Gasteiger partial charge < -0.3 is 14.8 Å². The summed E-state index contributed by atoms with van der Waals surface area (Å²) in [5.41, 5.74) is 0. The minimum atomic E-state index is -4.20. The zero-order valence-corrected chi connectivity index (χ0v) is 16.0. The highest BCUT2D eigenvalue weighted by Gasteiger charge is 2.42. The van der Waals surface area contributed by atoms with Crippen LogP contribution in [-0.2, 0) is 29.1 Å². The third kappa shape index (κ3) is 5.02. The molecule has 27 heavy (non-hydrogen) atoms. The highest BCUT2D eigenvalue weighted by atomic mass is 32.2. The maximum absolute atomic E-state index is 13.9. The molecule has 1 aliphatic rings. The van der Waals surface area contributed by atoms with Gasteiger partial charge in [-0.15, -0.1) is 0 Å². The van der Waals surface area contributed by atoms with Crippen molar-refractivity contribution in [1.82, 2.24) is 9.62 Å². The van der Waals surface area contributed by atoms with Crippen LogP contribution in [-0.4, -0.2) is 63.6 Å². The summed E-state index contributed by atoms with van der Waals surface area (Å²) < 4.78 is 50.3. The lowest BCUT2D eigenvalue weighted by Gasteiger charge is -2.24. The van der Waals surface area contributed by atoms with Crippen molar-refractivity contribution < 1.29 is 31.9 Å². The summed E-state index contributed by atoms with van der Waals surface area (Å²) in [5.74, 6) is -2.23. The van der Waals surface area contributed by atoms with Crippen molar-refractivity contribution in [1.29, 1.82) is 0 Å². The second-order valence-corrected chi connectivity index (χ2v) is 7.93. The Kier molecular flexibility index (Phi) is 7.28. The number of sulfonamides is 1. The SMILES string of the molecule is COCCNC(=O)[C@H](C)OC(=O)[C@@H]1CCCN1S(=O)(=O)c1ccccc1F. The fourth-order valence-corrected chi connectivity index (χ4v) is 4.48. The molecule has 1 N–H and O–H groups in total. The number of nitrogens with one attached hydrogen (secondary N) is 1. The Hall–Kier alpha value is -2.04. The second kappa shape index (κ2) is 9.25. The van der Waals surface area contributed by atoms with E-state index < -0.39 is 44.8 Å². The molecule has 0 bridgehead atoms. The van der Waals surface area contributed by atoms with Crippen molar-refractivity contribution in [2.24, 2.45) is 0 Å². The summed E-state index contributed by atoms with van der Waals surface area (Å²) in [7, 11) is -2.71. The van der Waals surface area contributed by atoms with Crippen molar-refractivity contribution >= 4 is 21.9 Å². The Morgan fingerprint density at radius 1 is 1.37 bits per heavy atom. The lowest BCUT2D eigenvalue weighted by atomic mass is 10.2. The molecule has 8 nitrogen and oxygen atoms in total. The Balaban J connectivity index is 2.08. The number of halogens is 1. The highest BCUT2D eigenvalue weighted by molar-refractivity contribution is 7.89. The molecule has 0 aromatic heterocycles. The van der Waals surface area contributed by atoms with Gasteiger partial charge >= 0.3 is 5.97 Å². The first-order valence-corrected chi connectivity index (χ1v) is 9.96. The fraction of sp³-hybridized carbons (Fsp3) is 0.529. The molecular formula is C17H23FN2O6S. The van der Waals surface area contributed by atoms with E-state index in [-0.39, 0.29) is 19.5 Å². The monoisotopic (exact) mass is 402 g/mol. The Bertz CT molecular complexity index is 785. The topological polar surface area (TPSA) is 102 Å². The molecule has 0 radical (unpaired) electrons. The summed E-state index contributed by atoms with van der Waals surface area (Å²) >= 11 is 0. The van der Waals surface area contributed by atoms with Crippen LogP contribution in [0.3, 0.4) is 0 Å². The number of esters is 1. The first-order valence-electron chi connectivity index (χ1n) is 8.52. The summed E-state index contributed by atoms with van der Waals surface area (Å²) in [5, 5.41) is 2.53. The van der Waals surface area contributed by atoms with Crippen LogP contribution in [0, 0.1) is 5.82 Å². The van der Waals surface area contributed by atoms with Crippen LogP contribution in [0.1, 0.15) is 19.8 Å². The van der Waals surface area contributed by atoms with Gasteiger partial charge in [0.05, 0.1) is 6.61 Å². The summed E-state index contributed by atoms with van der Waals surface area (Å²) in [4.78, 5) is 23.8.